The van der Waals surface area contributed by atoms with Crippen LogP contribution in [0.15, 0.2) is 48.7 Å². The van der Waals surface area contributed by atoms with E-state index >= 15 is 0 Å². The first-order valence-corrected chi connectivity index (χ1v) is 7.49. The molecule has 1 aromatic carbocycles. The maximum absolute atomic E-state index is 13.0. The van der Waals surface area contributed by atoms with Gasteiger partial charge in [0.15, 0.2) is 0 Å². The molecule has 3 N–H and O–H groups in total. The molecule has 0 unspecified atom stereocenters. The minimum atomic E-state index is -0.883. The molecular weight excluding hydrogens is 311 g/mol. The van der Waals surface area contributed by atoms with E-state index in [4.69, 9.17) is 5.73 Å². The van der Waals surface area contributed by atoms with Crippen LogP contribution < -0.4 is 11.1 Å². The Morgan fingerprint density at radius 1 is 1.17 bits per heavy atom. The van der Waals surface area contributed by atoms with Gasteiger partial charge in [-0.15, -0.1) is 0 Å². The third-order valence-electron chi connectivity index (χ3n) is 3.36. The number of halogens is 1. The van der Waals surface area contributed by atoms with E-state index in [2.05, 4.69) is 4.98 Å². The average Bonchev–Trinajstić information content (AvgIpc) is 2.55. The van der Waals surface area contributed by atoms with Crippen molar-refractivity contribution in [1.82, 2.24) is 15.2 Å². The number of aromatic nitrogens is 1. The van der Waals surface area contributed by atoms with Gasteiger partial charge in [-0.1, -0.05) is 18.2 Å². The fourth-order valence-electron chi connectivity index (χ4n) is 2.26. The topological polar surface area (TPSA) is 88.3 Å². The fraction of sp³-hybridized carbons (Fsp3) is 0.235. The predicted octanol–water partition coefficient (Wildman–Crippen LogP) is 1.46. The van der Waals surface area contributed by atoms with Crippen molar-refractivity contribution in [3.05, 3.63) is 65.7 Å². The second-order valence-electron chi connectivity index (χ2n) is 5.32. The molecule has 0 atom stereocenters. The first-order valence-electron chi connectivity index (χ1n) is 7.49. The number of benzene rings is 1. The zero-order valence-corrected chi connectivity index (χ0v) is 13.1. The molecule has 0 aliphatic rings. The average molecular weight is 330 g/mol. The number of hydrogen-bond donors (Lipinski definition) is 2. The number of nitrogens with zero attached hydrogens (tertiary/aromatic N) is 2. The maximum Gasteiger partial charge on any atom is 0.318 e. The van der Waals surface area contributed by atoms with Crippen LogP contribution >= 0.6 is 0 Å². The van der Waals surface area contributed by atoms with Crippen molar-refractivity contribution < 1.29 is 14.0 Å². The molecule has 24 heavy (non-hydrogen) atoms. The maximum atomic E-state index is 13.0. The highest BCUT2D eigenvalue weighted by Crippen LogP contribution is 2.08. The first kappa shape index (κ1) is 17.6. The summed E-state index contributed by atoms with van der Waals surface area (Å²) in [7, 11) is 0. The normalized spacial score (nSPS) is 10.6. The standard InChI is InChI=1S/C17H19FN4O2/c18-14-6-4-13(5-7-14)11-22(12-16(23)21-17(19)24)10-8-15-3-1-2-9-20-15/h1-7,9H,8,10-12H2,(H3,19,21,23,24). The Hall–Kier alpha value is -2.80. The number of rotatable bonds is 7. The summed E-state index contributed by atoms with van der Waals surface area (Å²) in [4.78, 5) is 28.7. The molecule has 2 rings (SSSR count). The second-order valence-corrected chi connectivity index (χ2v) is 5.32. The monoisotopic (exact) mass is 330 g/mol. The third-order valence-corrected chi connectivity index (χ3v) is 3.36. The number of nitrogens with one attached hydrogen (secondary N) is 1. The summed E-state index contributed by atoms with van der Waals surface area (Å²) in [5.74, 6) is -0.795. The van der Waals surface area contributed by atoms with E-state index in [0.29, 0.717) is 19.5 Å². The van der Waals surface area contributed by atoms with Gasteiger partial charge in [-0.25, -0.2) is 9.18 Å². The Morgan fingerprint density at radius 3 is 2.54 bits per heavy atom. The number of hydrogen-bond acceptors (Lipinski definition) is 4. The lowest BCUT2D eigenvalue weighted by Crippen LogP contribution is -2.42. The number of pyridine rings is 1. The minimum Gasteiger partial charge on any atom is -0.351 e. The van der Waals surface area contributed by atoms with Crippen LogP contribution in [0, 0.1) is 5.82 Å². The number of imide groups is 1. The van der Waals surface area contributed by atoms with E-state index in [1.165, 1.54) is 12.1 Å². The first-order chi connectivity index (χ1) is 11.5. The molecule has 6 nitrogen and oxygen atoms in total. The lowest BCUT2D eigenvalue weighted by atomic mass is 10.2. The van der Waals surface area contributed by atoms with E-state index in [-0.39, 0.29) is 12.4 Å². The van der Waals surface area contributed by atoms with Gasteiger partial charge in [0.2, 0.25) is 5.91 Å². The Labute approximate surface area is 139 Å². The molecule has 7 heteroatoms. The summed E-state index contributed by atoms with van der Waals surface area (Å²) in [6.45, 7) is 1.01. The lowest BCUT2D eigenvalue weighted by Gasteiger charge is -2.21. The number of primary amides is 1. The largest absolute Gasteiger partial charge is 0.351 e. The summed E-state index contributed by atoms with van der Waals surface area (Å²) in [5.41, 5.74) is 6.73. The summed E-state index contributed by atoms with van der Waals surface area (Å²) in [6, 6.07) is 10.8. The highest BCUT2D eigenvalue weighted by Gasteiger charge is 2.13. The van der Waals surface area contributed by atoms with Crippen LogP contribution in [0.5, 0.6) is 0 Å². The Bertz CT molecular complexity index is 677. The molecule has 1 aromatic heterocycles. The van der Waals surface area contributed by atoms with Gasteiger partial charge in [0.1, 0.15) is 5.82 Å². The van der Waals surface area contributed by atoms with E-state index in [9.17, 15) is 14.0 Å². The smallest absolute Gasteiger partial charge is 0.318 e. The van der Waals surface area contributed by atoms with Crippen molar-refractivity contribution in [3.8, 4) is 0 Å². The second kappa shape index (κ2) is 8.73. The van der Waals surface area contributed by atoms with Gasteiger partial charge in [0.05, 0.1) is 6.54 Å². The SMILES string of the molecule is NC(=O)NC(=O)CN(CCc1ccccn1)Cc1ccc(F)cc1. The summed E-state index contributed by atoms with van der Waals surface area (Å²) >= 11 is 0. The minimum absolute atomic E-state index is 0.00709. The van der Waals surface area contributed by atoms with Crippen molar-refractivity contribution in [3.63, 3.8) is 0 Å². The van der Waals surface area contributed by atoms with Gasteiger partial charge in [0, 0.05) is 31.4 Å². The Balaban J connectivity index is 2.00. The summed E-state index contributed by atoms with van der Waals surface area (Å²) in [6.07, 6.45) is 2.35. The van der Waals surface area contributed by atoms with Gasteiger partial charge < -0.3 is 5.73 Å². The predicted molar refractivity (Wildman–Crippen MR) is 87.3 cm³/mol. The molecule has 126 valence electrons. The molecule has 0 bridgehead atoms. The highest BCUT2D eigenvalue weighted by molar-refractivity contribution is 5.94. The molecule has 0 fully saturated rings. The molecule has 0 spiro atoms. The van der Waals surface area contributed by atoms with Gasteiger partial charge in [-0.2, -0.15) is 0 Å². The number of carbonyl (C=O) groups is 2. The van der Waals surface area contributed by atoms with Crippen LogP contribution in [-0.2, 0) is 17.8 Å². The Kier molecular flexibility index (Phi) is 6.39. The Morgan fingerprint density at radius 2 is 1.92 bits per heavy atom. The van der Waals surface area contributed by atoms with Gasteiger partial charge in [-0.3, -0.25) is 20.0 Å². The number of carbonyl (C=O) groups excluding carboxylic acids is 2. The number of amides is 3. The molecular formula is C17H19FN4O2. The molecule has 0 aliphatic heterocycles. The van der Waals surface area contributed by atoms with Crippen molar-refractivity contribution in [2.45, 2.75) is 13.0 Å². The quantitative estimate of drug-likeness (QED) is 0.804. The summed E-state index contributed by atoms with van der Waals surface area (Å²) in [5, 5.41) is 2.05. The van der Waals surface area contributed by atoms with Crippen LogP contribution in [0.4, 0.5) is 9.18 Å². The molecule has 0 radical (unpaired) electrons. The zero-order valence-electron chi connectivity index (χ0n) is 13.1. The van der Waals surface area contributed by atoms with Gasteiger partial charge >= 0.3 is 6.03 Å². The zero-order chi connectivity index (χ0) is 17.4. The van der Waals surface area contributed by atoms with Crippen molar-refractivity contribution in [1.29, 1.82) is 0 Å². The van der Waals surface area contributed by atoms with Crippen molar-refractivity contribution in [2.24, 2.45) is 5.73 Å². The van der Waals surface area contributed by atoms with E-state index in [1.807, 2.05) is 28.4 Å². The fourth-order valence-corrected chi connectivity index (χ4v) is 2.26. The molecule has 2 aromatic rings. The molecule has 1 heterocycles. The molecule has 0 saturated carbocycles. The van der Waals surface area contributed by atoms with Crippen LogP contribution in [0.1, 0.15) is 11.3 Å². The van der Waals surface area contributed by atoms with Crippen molar-refractivity contribution in [2.75, 3.05) is 13.1 Å². The number of nitrogens with two attached hydrogens (primary N) is 1. The molecule has 3 amide bonds. The van der Waals surface area contributed by atoms with E-state index < -0.39 is 11.9 Å². The van der Waals surface area contributed by atoms with E-state index in [0.717, 1.165) is 11.3 Å². The van der Waals surface area contributed by atoms with Crippen LogP contribution in [0.2, 0.25) is 0 Å². The third kappa shape index (κ3) is 6.13. The van der Waals surface area contributed by atoms with Gasteiger partial charge in [-0.05, 0) is 29.8 Å². The van der Waals surface area contributed by atoms with Crippen LogP contribution in [-0.4, -0.2) is 34.9 Å². The van der Waals surface area contributed by atoms with Crippen LogP contribution in [0.3, 0.4) is 0 Å². The van der Waals surface area contributed by atoms with Crippen LogP contribution in [0.25, 0.3) is 0 Å². The van der Waals surface area contributed by atoms with Crippen molar-refractivity contribution >= 4 is 11.9 Å². The lowest BCUT2D eigenvalue weighted by molar-refractivity contribution is -0.121. The summed E-state index contributed by atoms with van der Waals surface area (Å²) < 4.78 is 13.0. The molecule has 0 saturated heterocycles. The number of urea groups is 1. The molecule has 0 aliphatic carbocycles. The van der Waals surface area contributed by atoms with E-state index in [1.54, 1.807) is 18.3 Å². The highest BCUT2D eigenvalue weighted by atomic mass is 19.1. The van der Waals surface area contributed by atoms with Gasteiger partial charge in [0.25, 0.3) is 0 Å².